The highest BCUT2D eigenvalue weighted by Crippen LogP contribution is 2.15. The molecule has 4 heteroatoms. The van der Waals surface area contributed by atoms with Crippen molar-refractivity contribution in [3.63, 3.8) is 0 Å². The fourth-order valence-corrected chi connectivity index (χ4v) is 2.39. The van der Waals surface area contributed by atoms with Crippen LogP contribution in [0, 0.1) is 20.8 Å². The predicted octanol–water partition coefficient (Wildman–Crippen LogP) is 2.86. The number of furan rings is 1. The molecule has 0 spiro atoms. The van der Waals surface area contributed by atoms with Crippen LogP contribution in [0.2, 0.25) is 0 Å². The van der Waals surface area contributed by atoms with Gasteiger partial charge in [0.2, 0.25) is 0 Å². The van der Waals surface area contributed by atoms with Crippen LogP contribution in [0.1, 0.15) is 33.1 Å². The van der Waals surface area contributed by atoms with Crippen LogP contribution in [0.3, 0.4) is 0 Å². The monoisotopic (exact) mass is 274 g/mol. The lowest BCUT2D eigenvalue weighted by Gasteiger charge is -2.15. The van der Waals surface area contributed by atoms with E-state index in [2.05, 4.69) is 0 Å². The molecule has 0 amide bonds. The highest BCUT2D eigenvalue weighted by molar-refractivity contribution is 5.99. The van der Waals surface area contributed by atoms with Crippen LogP contribution in [0.25, 0.3) is 0 Å². The maximum atomic E-state index is 12.4. The van der Waals surface area contributed by atoms with E-state index < -0.39 is 0 Å². The lowest BCUT2D eigenvalue weighted by Crippen LogP contribution is -2.26. The number of aromatic nitrogens is 1. The number of hydrogen-bond acceptors (Lipinski definition) is 3. The number of likely N-dealkylation sites (N-methyl/N-ethyl adjacent to an activating group) is 1. The van der Waals surface area contributed by atoms with Gasteiger partial charge in [0.15, 0.2) is 5.78 Å². The summed E-state index contributed by atoms with van der Waals surface area (Å²) in [6.07, 6.45) is 1.69. The van der Waals surface area contributed by atoms with Gasteiger partial charge >= 0.3 is 0 Å². The van der Waals surface area contributed by atoms with Gasteiger partial charge in [-0.05, 0) is 40.0 Å². The molecule has 0 saturated carbocycles. The fraction of sp³-hybridized carbons (Fsp3) is 0.438. The molecular formula is C16H22N2O2. The molecule has 0 aliphatic carbocycles. The Morgan fingerprint density at radius 1 is 1.35 bits per heavy atom. The van der Waals surface area contributed by atoms with Gasteiger partial charge in [0.05, 0.1) is 12.8 Å². The van der Waals surface area contributed by atoms with E-state index in [0.29, 0.717) is 6.54 Å². The van der Waals surface area contributed by atoms with Crippen molar-refractivity contribution in [1.82, 2.24) is 9.47 Å². The van der Waals surface area contributed by atoms with Crippen LogP contribution < -0.4 is 0 Å². The molecular weight excluding hydrogens is 252 g/mol. The number of rotatable bonds is 5. The molecule has 0 fully saturated rings. The van der Waals surface area contributed by atoms with E-state index in [1.54, 1.807) is 6.26 Å². The minimum atomic E-state index is 0.162. The summed E-state index contributed by atoms with van der Waals surface area (Å²) in [4.78, 5) is 14.4. The molecule has 0 aromatic carbocycles. The number of aryl methyl sites for hydroxylation is 2. The molecule has 2 heterocycles. The predicted molar refractivity (Wildman–Crippen MR) is 79.0 cm³/mol. The van der Waals surface area contributed by atoms with Gasteiger partial charge in [-0.3, -0.25) is 9.69 Å². The summed E-state index contributed by atoms with van der Waals surface area (Å²) < 4.78 is 7.33. The number of carbonyl (C=O) groups is 1. The Bertz CT molecular complexity index is 622. The van der Waals surface area contributed by atoms with Crippen molar-refractivity contribution in [2.24, 2.45) is 7.05 Å². The van der Waals surface area contributed by atoms with Crippen LogP contribution in [0.4, 0.5) is 0 Å². The minimum Gasteiger partial charge on any atom is -0.469 e. The van der Waals surface area contributed by atoms with Gasteiger partial charge in [0.1, 0.15) is 5.76 Å². The Morgan fingerprint density at radius 3 is 2.55 bits per heavy atom. The summed E-state index contributed by atoms with van der Waals surface area (Å²) in [5.74, 6) is 1.07. The molecule has 0 unspecified atom stereocenters. The van der Waals surface area contributed by atoms with Crippen molar-refractivity contribution in [2.75, 3.05) is 13.6 Å². The van der Waals surface area contributed by atoms with Crippen molar-refractivity contribution in [2.45, 2.75) is 27.3 Å². The first-order valence-electron chi connectivity index (χ1n) is 6.77. The third-order valence-electron chi connectivity index (χ3n) is 3.90. The van der Waals surface area contributed by atoms with E-state index in [9.17, 15) is 4.79 Å². The second-order valence-corrected chi connectivity index (χ2v) is 5.44. The smallest absolute Gasteiger partial charge is 0.178 e. The number of Topliss-reactive ketones (excluding diaryl/α,β-unsaturated/α-hetero) is 1. The Balaban J connectivity index is 2.04. The van der Waals surface area contributed by atoms with E-state index in [1.807, 2.05) is 56.5 Å². The standard InChI is InChI=1S/C16H22N2O2/c1-11-8-15(12(2)18(11)5)16(19)10-17(4)9-14-6-7-20-13(14)3/h6-8H,9-10H2,1-5H3. The van der Waals surface area contributed by atoms with Gasteiger partial charge in [0.25, 0.3) is 0 Å². The Kier molecular flexibility index (Phi) is 4.14. The van der Waals surface area contributed by atoms with Crippen molar-refractivity contribution in [1.29, 1.82) is 0 Å². The average Bonchev–Trinajstić information content (AvgIpc) is 2.89. The molecule has 0 N–H and O–H groups in total. The third kappa shape index (κ3) is 2.85. The first kappa shape index (κ1) is 14.6. The lowest BCUT2D eigenvalue weighted by molar-refractivity contribution is 0.0942. The number of ketones is 1. The van der Waals surface area contributed by atoms with Crippen LogP contribution in [-0.4, -0.2) is 28.8 Å². The summed E-state index contributed by atoms with van der Waals surface area (Å²) in [5.41, 5.74) is 4.08. The van der Waals surface area contributed by atoms with Gasteiger partial charge in [-0.2, -0.15) is 0 Å². The second-order valence-electron chi connectivity index (χ2n) is 5.44. The zero-order chi connectivity index (χ0) is 14.9. The molecule has 0 radical (unpaired) electrons. The van der Waals surface area contributed by atoms with Crippen LogP contribution in [-0.2, 0) is 13.6 Å². The Hall–Kier alpha value is -1.81. The largest absolute Gasteiger partial charge is 0.469 e. The molecule has 0 aliphatic heterocycles. The maximum Gasteiger partial charge on any atom is 0.178 e. The van der Waals surface area contributed by atoms with Gasteiger partial charge in [-0.15, -0.1) is 0 Å². The molecule has 2 rings (SSSR count). The highest BCUT2D eigenvalue weighted by atomic mass is 16.3. The molecule has 4 nitrogen and oxygen atoms in total. The topological polar surface area (TPSA) is 38.4 Å². The van der Waals surface area contributed by atoms with E-state index in [4.69, 9.17) is 4.42 Å². The highest BCUT2D eigenvalue weighted by Gasteiger charge is 2.16. The lowest BCUT2D eigenvalue weighted by atomic mass is 10.1. The van der Waals surface area contributed by atoms with Crippen molar-refractivity contribution < 1.29 is 9.21 Å². The summed E-state index contributed by atoms with van der Waals surface area (Å²) in [6.45, 7) is 7.08. The Labute approximate surface area is 120 Å². The summed E-state index contributed by atoms with van der Waals surface area (Å²) in [7, 11) is 3.94. The normalized spacial score (nSPS) is 11.3. The molecule has 20 heavy (non-hydrogen) atoms. The molecule has 2 aromatic rings. The van der Waals surface area contributed by atoms with E-state index >= 15 is 0 Å². The molecule has 0 saturated heterocycles. The maximum absolute atomic E-state index is 12.4. The number of carbonyl (C=O) groups excluding carboxylic acids is 1. The summed E-state index contributed by atoms with van der Waals surface area (Å²) in [6, 6.07) is 3.92. The van der Waals surface area contributed by atoms with Gasteiger partial charge in [0, 0.05) is 36.1 Å². The average molecular weight is 274 g/mol. The first-order valence-corrected chi connectivity index (χ1v) is 6.77. The third-order valence-corrected chi connectivity index (χ3v) is 3.90. The zero-order valence-corrected chi connectivity index (χ0v) is 12.9. The van der Waals surface area contributed by atoms with E-state index in [-0.39, 0.29) is 5.78 Å². The quantitative estimate of drug-likeness (QED) is 0.787. The second kappa shape index (κ2) is 5.67. The fourth-order valence-electron chi connectivity index (χ4n) is 2.39. The number of nitrogens with zero attached hydrogens (tertiary/aromatic N) is 2. The van der Waals surface area contributed by atoms with Crippen molar-refractivity contribution in [3.8, 4) is 0 Å². The molecule has 0 bridgehead atoms. The van der Waals surface area contributed by atoms with Crippen molar-refractivity contribution in [3.05, 3.63) is 46.7 Å². The number of hydrogen-bond donors (Lipinski definition) is 0. The molecule has 2 aromatic heterocycles. The van der Waals surface area contributed by atoms with Gasteiger partial charge in [-0.1, -0.05) is 0 Å². The van der Waals surface area contributed by atoms with Gasteiger partial charge < -0.3 is 8.98 Å². The summed E-state index contributed by atoms with van der Waals surface area (Å²) in [5, 5.41) is 0. The van der Waals surface area contributed by atoms with Crippen LogP contribution >= 0.6 is 0 Å². The Morgan fingerprint density at radius 2 is 2.05 bits per heavy atom. The molecule has 108 valence electrons. The van der Waals surface area contributed by atoms with E-state index in [1.165, 1.54) is 0 Å². The van der Waals surface area contributed by atoms with E-state index in [0.717, 1.165) is 34.8 Å². The van der Waals surface area contributed by atoms with Crippen LogP contribution in [0.5, 0.6) is 0 Å². The minimum absolute atomic E-state index is 0.162. The first-order chi connectivity index (χ1) is 9.40. The summed E-state index contributed by atoms with van der Waals surface area (Å²) >= 11 is 0. The van der Waals surface area contributed by atoms with Crippen LogP contribution in [0.15, 0.2) is 22.8 Å². The van der Waals surface area contributed by atoms with Gasteiger partial charge in [-0.25, -0.2) is 0 Å². The van der Waals surface area contributed by atoms with Crippen molar-refractivity contribution >= 4 is 5.78 Å². The SMILES string of the molecule is Cc1occc1CN(C)CC(=O)c1cc(C)n(C)c1C. The zero-order valence-electron chi connectivity index (χ0n) is 12.9. The molecule has 0 atom stereocenters. The molecule has 0 aliphatic rings.